The van der Waals surface area contributed by atoms with Gasteiger partial charge in [-0.3, -0.25) is 10.1 Å². The van der Waals surface area contributed by atoms with Crippen LogP contribution < -0.4 is 4.90 Å². The van der Waals surface area contributed by atoms with Crippen LogP contribution in [0.2, 0.25) is 0 Å². The zero-order chi connectivity index (χ0) is 22.2. The number of fused-ring (bicyclic) bond motifs is 1. The first-order valence-corrected chi connectivity index (χ1v) is 11.7. The molecule has 0 spiro atoms. The lowest BCUT2D eigenvalue weighted by atomic mass is 9.72. The average molecular weight is 437 g/mol. The maximum Gasteiger partial charge on any atom is 0.293 e. The Bertz CT molecular complexity index is 1070. The quantitative estimate of drug-likeness (QED) is 0.333. The lowest BCUT2D eigenvalue weighted by Crippen LogP contribution is -2.26. The molecule has 1 aromatic carbocycles. The van der Waals surface area contributed by atoms with E-state index in [2.05, 4.69) is 36.7 Å². The third kappa shape index (κ3) is 4.35. The molecule has 1 aliphatic carbocycles. The van der Waals surface area contributed by atoms with Crippen LogP contribution in [0.15, 0.2) is 23.2 Å². The molecule has 0 bridgehead atoms. The average Bonchev–Trinajstić information content (AvgIpc) is 3.38. The molecule has 0 N–H and O–H groups in total. The van der Waals surface area contributed by atoms with E-state index in [1.165, 1.54) is 4.88 Å². The predicted octanol–water partition coefficient (Wildman–Crippen LogP) is 6.03. The van der Waals surface area contributed by atoms with E-state index in [1.54, 1.807) is 23.6 Å². The molecule has 1 aromatic heterocycles. The summed E-state index contributed by atoms with van der Waals surface area (Å²) in [4.78, 5) is 19.3. The summed E-state index contributed by atoms with van der Waals surface area (Å²) in [6.45, 7) is 8.55. The summed E-state index contributed by atoms with van der Waals surface area (Å²) < 4.78 is 0. The standard InChI is InChI=1S/C24H28N4O2S/c1-24(2,3)17-7-8-18-19(14-25)23(31-22(18)13-17)26-15-16-6-9-20(21(12-16)28(29)30)27-10-4-5-11-27/h6,9,12,15,17H,4-5,7-8,10-11,13H2,1-3H3/t17-/m0/s1. The van der Waals surface area contributed by atoms with Crippen molar-refractivity contribution >= 4 is 33.9 Å². The number of nitrogens with zero attached hydrogens (tertiary/aromatic N) is 4. The molecule has 1 saturated heterocycles. The van der Waals surface area contributed by atoms with Gasteiger partial charge in [0.2, 0.25) is 0 Å². The van der Waals surface area contributed by atoms with Gasteiger partial charge in [-0.2, -0.15) is 5.26 Å². The molecule has 6 nitrogen and oxygen atoms in total. The second-order valence-electron chi connectivity index (χ2n) is 9.56. The number of nitriles is 1. The van der Waals surface area contributed by atoms with E-state index in [-0.39, 0.29) is 16.0 Å². The highest BCUT2D eigenvalue weighted by Gasteiger charge is 2.32. The fourth-order valence-electron chi connectivity index (χ4n) is 4.64. The summed E-state index contributed by atoms with van der Waals surface area (Å²) in [5.41, 5.74) is 3.54. The molecular weight excluding hydrogens is 408 g/mol. The maximum absolute atomic E-state index is 11.6. The Hall–Kier alpha value is -2.72. The molecule has 0 saturated carbocycles. The highest BCUT2D eigenvalue weighted by Crippen LogP contribution is 2.45. The van der Waals surface area contributed by atoms with Crippen molar-refractivity contribution in [3.05, 3.63) is 49.9 Å². The minimum atomic E-state index is -0.317. The number of hydrogen-bond donors (Lipinski definition) is 0. The number of hydrogen-bond acceptors (Lipinski definition) is 6. The van der Waals surface area contributed by atoms with Crippen molar-refractivity contribution in [1.29, 1.82) is 5.26 Å². The Kier molecular flexibility index (Phi) is 5.85. The van der Waals surface area contributed by atoms with Gasteiger partial charge in [-0.1, -0.05) is 26.8 Å². The van der Waals surface area contributed by atoms with E-state index in [0.29, 0.717) is 27.7 Å². The summed E-state index contributed by atoms with van der Waals surface area (Å²) in [6.07, 6.45) is 6.79. The van der Waals surface area contributed by atoms with E-state index in [4.69, 9.17) is 0 Å². The molecule has 2 aromatic rings. The normalized spacial score (nSPS) is 18.9. The third-order valence-electron chi connectivity index (χ3n) is 6.56. The number of aliphatic imine (C=N–C) groups is 1. The van der Waals surface area contributed by atoms with Gasteiger partial charge >= 0.3 is 0 Å². The van der Waals surface area contributed by atoms with Crippen LogP contribution in [0.1, 0.15) is 61.6 Å². The second kappa shape index (κ2) is 8.43. The zero-order valence-electron chi connectivity index (χ0n) is 18.4. The number of thiophene rings is 1. The zero-order valence-corrected chi connectivity index (χ0v) is 19.2. The molecule has 162 valence electrons. The topological polar surface area (TPSA) is 82.5 Å². The van der Waals surface area contributed by atoms with Crippen molar-refractivity contribution in [2.45, 2.75) is 52.9 Å². The minimum Gasteiger partial charge on any atom is -0.366 e. The van der Waals surface area contributed by atoms with Crippen LogP contribution in [-0.4, -0.2) is 24.2 Å². The van der Waals surface area contributed by atoms with Crippen molar-refractivity contribution in [2.75, 3.05) is 18.0 Å². The van der Waals surface area contributed by atoms with Gasteiger partial charge in [0.25, 0.3) is 5.69 Å². The molecule has 0 amide bonds. The van der Waals surface area contributed by atoms with Crippen molar-refractivity contribution < 1.29 is 4.92 Å². The van der Waals surface area contributed by atoms with E-state index >= 15 is 0 Å². The van der Waals surface area contributed by atoms with Gasteiger partial charge in [0.15, 0.2) is 0 Å². The van der Waals surface area contributed by atoms with Gasteiger partial charge in [-0.15, -0.1) is 11.3 Å². The molecule has 2 heterocycles. The van der Waals surface area contributed by atoms with Gasteiger partial charge in [-0.05, 0) is 60.6 Å². The molecule has 1 aliphatic heterocycles. The van der Waals surface area contributed by atoms with Gasteiger partial charge < -0.3 is 4.90 Å². The number of nitro groups is 1. The lowest BCUT2D eigenvalue weighted by molar-refractivity contribution is -0.384. The predicted molar refractivity (Wildman–Crippen MR) is 126 cm³/mol. The van der Waals surface area contributed by atoms with E-state index in [9.17, 15) is 15.4 Å². The third-order valence-corrected chi connectivity index (χ3v) is 7.72. The second-order valence-corrected chi connectivity index (χ2v) is 10.6. The fraction of sp³-hybridized carbons (Fsp3) is 0.500. The molecular formula is C24H28N4O2S. The first-order chi connectivity index (χ1) is 14.8. The highest BCUT2D eigenvalue weighted by atomic mass is 32.1. The molecule has 1 atom stereocenters. The van der Waals surface area contributed by atoms with Crippen LogP contribution in [0.3, 0.4) is 0 Å². The SMILES string of the molecule is CC(C)(C)[C@H]1CCc2c(sc(N=Cc3ccc(N4CCCC4)c([N+](=O)[O-])c3)c2C#N)C1. The number of rotatable bonds is 4. The number of benzene rings is 1. The van der Waals surface area contributed by atoms with Crippen molar-refractivity contribution in [3.63, 3.8) is 0 Å². The van der Waals surface area contributed by atoms with Crippen LogP contribution in [0, 0.1) is 32.8 Å². The summed E-state index contributed by atoms with van der Waals surface area (Å²) in [5, 5.41) is 22.1. The van der Waals surface area contributed by atoms with Crippen molar-refractivity contribution in [2.24, 2.45) is 16.3 Å². The maximum atomic E-state index is 11.6. The minimum absolute atomic E-state index is 0.116. The summed E-state index contributed by atoms with van der Waals surface area (Å²) >= 11 is 1.60. The van der Waals surface area contributed by atoms with Gasteiger partial charge in [0, 0.05) is 30.2 Å². The van der Waals surface area contributed by atoms with Gasteiger partial charge in [-0.25, -0.2) is 4.99 Å². The molecule has 1 fully saturated rings. The first kappa shape index (κ1) is 21.5. The number of anilines is 1. The van der Waals surface area contributed by atoms with Crippen LogP contribution in [0.4, 0.5) is 16.4 Å². The number of nitro benzene ring substituents is 1. The fourth-order valence-corrected chi connectivity index (χ4v) is 5.86. The van der Waals surface area contributed by atoms with Crippen molar-refractivity contribution in [1.82, 2.24) is 0 Å². The van der Waals surface area contributed by atoms with Gasteiger partial charge in [0.05, 0.1) is 10.5 Å². The van der Waals surface area contributed by atoms with E-state index in [1.807, 2.05) is 12.1 Å². The smallest absolute Gasteiger partial charge is 0.293 e. The molecule has 31 heavy (non-hydrogen) atoms. The molecule has 7 heteroatoms. The Balaban J connectivity index is 1.62. The summed E-state index contributed by atoms with van der Waals surface area (Å²) in [5.74, 6) is 0.600. The highest BCUT2D eigenvalue weighted by molar-refractivity contribution is 7.16. The molecule has 2 aliphatic rings. The molecule has 4 rings (SSSR count). The van der Waals surface area contributed by atoms with E-state index in [0.717, 1.165) is 50.8 Å². The Morgan fingerprint density at radius 3 is 2.71 bits per heavy atom. The Morgan fingerprint density at radius 2 is 2.06 bits per heavy atom. The summed E-state index contributed by atoms with van der Waals surface area (Å²) in [7, 11) is 0. The van der Waals surface area contributed by atoms with Crippen LogP contribution in [-0.2, 0) is 12.8 Å². The lowest BCUT2D eigenvalue weighted by Gasteiger charge is -2.33. The summed E-state index contributed by atoms with van der Waals surface area (Å²) in [6, 6.07) is 7.64. The Morgan fingerprint density at radius 1 is 1.32 bits per heavy atom. The first-order valence-electron chi connectivity index (χ1n) is 10.9. The molecule has 0 radical (unpaired) electrons. The largest absolute Gasteiger partial charge is 0.366 e. The van der Waals surface area contributed by atoms with Crippen molar-refractivity contribution in [3.8, 4) is 6.07 Å². The van der Waals surface area contributed by atoms with Crippen LogP contribution >= 0.6 is 11.3 Å². The van der Waals surface area contributed by atoms with E-state index < -0.39 is 0 Å². The van der Waals surface area contributed by atoms with Crippen LogP contribution in [0.5, 0.6) is 0 Å². The van der Waals surface area contributed by atoms with Gasteiger partial charge in [0.1, 0.15) is 16.8 Å². The molecule has 0 unspecified atom stereocenters. The monoisotopic (exact) mass is 436 g/mol. The van der Waals surface area contributed by atoms with Crippen LogP contribution in [0.25, 0.3) is 0 Å². The Labute approximate surface area is 187 Å².